The van der Waals surface area contributed by atoms with Gasteiger partial charge in [-0.15, -0.1) is 5.92 Å². The van der Waals surface area contributed by atoms with E-state index >= 15 is 0 Å². The minimum atomic E-state index is 0.124. The maximum Gasteiger partial charge on any atom is 0.0642 e. The zero-order chi connectivity index (χ0) is 16.7. The van der Waals surface area contributed by atoms with E-state index in [2.05, 4.69) is 61.6 Å². The van der Waals surface area contributed by atoms with Gasteiger partial charge in [-0.05, 0) is 62.5 Å². The molecule has 1 heterocycles. The van der Waals surface area contributed by atoms with Crippen LogP contribution in [0.3, 0.4) is 0 Å². The Kier molecular flexibility index (Phi) is 3.95. The Bertz CT molecular complexity index is 794. The van der Waals surface area contributed by atoms with Gasteiger partial charge in [0.1, 0.15) is 0 Å². The van der Waals surface area contributed by atoms with Gasteiger partial charge in [0.2, 0.25) is 0 Å². The lowest BCUT2D eigenvalue weighted by molar-refractivity contribution is 0.423. The highest BCUT2D eigenvalue weighted by Crippen LogP contribution is 2.60. The highest BCUT2D eigenvalue weighted by atomic mass is 14.9. The van der Waals surface area contributed by atoms with Crippen LogP contribution in [-0.4, -0.2) is 4.57 Å². The summed E-state index contributed by atoms with van der Waals surface area (Å²) in [7, 11) is 2.22. The van der Waals surface area contributed by atoms with E-state index in [1.807, 2.05) is 0 Å². The number of para-hydroxylation sites is 1. The molecule has 24 heavy (non-hydrogen) atoms. The molecule has 2 aromatic rings. The maximum atomic E-state index is 3.89. The van der Waals surface area contributed by atoms with Crippen LogP contribution in [0, 0.1) is 30.6 Å². The largest absolute Gasteiger partial charge is 0.348 e. The van der Waals surface area contributed by atoms with Gasteiger partial charge in [-0.2, -0.15) is 0 Å². The van der Waals surface area contributed by atoms with Crippen molar-refractivity contribution in [3.8, 4) is 11.8 Å². The van der Waals surface area contributed by atoms with E-state index in [9.17, 15) is 0 Å². The van der Waals surface area contributed by atoms with E-state index in [0.717, 1.165) is 18.3 Å². The van der Waals surface area contributed by atoms with E-state index in [1.54, 1.807) is 5.56 Å². The predicted molar refractivity (Wildman–Crippen MR) is 102 cm³/mol. The van der Waals surface area contributed by atoms with E-state index in [1.165, 1.54) is 55.1 Å². The summed E-state index contributed by atoms with van der Waals surface area (Å²) in [6, 6.07) is 8.94. The molecule has 4 rings (SSSR count). The summed E-state index contributed by atoms with van der Waals surface area (Å²) in [5.41, 5.74) is 4.49. The predicted octanol–water partition coefficient (Wildman–Crippen LogP) is 5.74. The van der Waals surface area contributed by atoms with Crippen LogP contribution in [0.25, 0.3) is 10.9 Å². The van der Waals surface area contributed by atoms with Crippen LogP contribution in [0.15, 0.2) is 24.3 Å². The molecule has 2 saturated carbocycles. The van der Waals surface area contributed by atoms with Crippen molar-refractivity contribution in [2.45, 2.75) is 64.2 Å². The van der Waals surface area contributed by atoms with Gasteiger partial charge in [0.15, 0.2) is 0 Å². The van der Waals surface area contributed by atoms with Gasteiger partial charge in [-0.1, -0.05) is 37.5 Å². The van der Waals surface area contributed by atoms with Crippen LogP contribution in [0.4, 0.5) is 0 Å². The van der Waals surface area contributed by atoms with Crippen LogP contribution in [0.2, 0.25) is 0 Å². The Balaban J connectivity index is 1.91. The summed E-state index contributed by atoms with van der Waals surface area (Å²) in [6.07, 6.45) is 8.97. The third kappa shape index (κ3) is 2.39. The zero-order valence-corrected chi connectivity index (χ0v) is 15.4. The SMILES string of the molecule is CCCCC#CC(c1c(C)n(C)c2ccccc12)(C1CC1)C1CC1. The molecule has 2 fully saturated rings. The first kappa shape index (κ1) is 15.8. The first-order valence-electron chi connectivity index (χ1n) is 9.74. The molecule has 1 nitrogen and oxygen atoms in total. The molecule has 2 aliphatic carbocycles. The molecule has 126 valence electrons. The summed E-state index contributed by atoms with van der Waals surface area (Å²) in [4.78, 5) is 0. The molecule has 0 spiro atoms. The van der Waals surface area contributed by atoms with E-state index < -0.39 is 0 Å². The zero-order valence-electron chi connectivity index (χ0n) is 15.4. The summed E-state index contributed by atoms with van der Waals surface area (Å²) >= 11 is 0. The van der Waals surface area contributed by atoms with Gasteiger partial charge in [0.05, 0.1) is 5.41 Å². The standard InChI is InChI=1S/C23H29N/c1-4-5-6-9-16-23(18-12-13-18,19-14-15-19)22-17(2)24(3)21-11-8-7-10-20(21)22/h7-8,10-11,18-19H,4-6,12-15H2,1-3H3. The van der Waals surface area contributed by atoms with Crippen molar-refractivity contribution >= 4 is 10.9 Å². The van der Waals surface area contributed by atoms with Gasteiger partial charge in [0, 0.05) is 30.1 Å². The molecule has 1 heteroatoms. The fourth-order valence-electron chi connectivity index (χ4n) is 4.60. The Morgan fingerprint density at radius 2 is 1.79 bits per heavy atom. The number of hydrogen-bond donors (Lipinski definition) is 0. The summed E-state index contributed by atoms with van der Waals surface area (Å²) in [5, 5.41) is 1.45. The number of fused-ring (bicyclic) bond motifs is 1. The number of nitrogens with zero attached hydrogens (tertiary/aromatic N) is 1. The summed E-state index contributed by atoms with van der Waals surface area (Å²) in [6.45, 7) is 4.56. The Morgan fingerprint density at radius 3 is 2.42 bits per heavy atom. The quantitative estimate of drug-likeness (QED) is 0.489. The van der Waals surface area contributed by atoms with Gasteiger partial charge < -0.3 is 4.57 Å². The number of rotatable bonds is 5. The number of unbranched alkanes of at least 4 members (excludes halogenated alkanes) is 2. The van der Waals surface area contributed by atoms with Crippen LogP contribution >= 0.6 is 0 Å². The first-order valence-corrected chi connectivity index (χ1v) is 9.74. The Labute approximate surface area is 146 Å². The van der Waals surface area contributed by atoms with Crippen LogP contribution < -0.4 is 0 Å². The normalized spacial score (nSPS) is 17.8. The van der Waals surface area contributed by atoms with Crippen molar-refractivity contribution in [3.05, 3.63) is 35.5 Å². The minimum Gasteiger partial charge on any atom is -0.348 e. The third-order valence-electron chi connectivity index (χ3n) is 6.21. The van der Waals surface area contributed by atoms with Gasteiger partial charge in [-0.3, -0.25) is 0 Å². The smallest absolute Gasteiger partial charge is 0.0642 e. The highest BCUT2D eigenvalue weighted by molar-refractivity contribution is 5.87. The van der Waals surface area contributed by atoms with E-state index in [0.29, 0.717) is 0 Å². The first-order chi connectivity index (χ1) is 11.7. The van der Waals surface area contributed by atoms with Crippen LogP contribution in [0.5, 0.6) is 0 Å². The van der Waals surface area contributed by atoms with Crippen molar-refractivity contribution in [1.29, 1.82) is 0 Å². The van der Waals surface area contributed by atoms with Crippen LogP contribution in [0.1, 0.15) is 63.1 Å². The monoisotopic (exact) mass is 319 g/mol. The molecule has 0 aliphatic heterocycles. The molecular weight excluding hydrogens is 290 g/mol. The molecule has 1 aromatic heterocycles. The van der Waals surface area contributed by atoms with E-state index in [4.69, 9.17) is 0 Å². The number of aryl methyl sites for hydroxylation is 1. The fraction of sp³-hybridized carbons (Fsp3) is 0.565. The average Bonchev–Trinajstić information content (AvgIpc) is 3.48. The number of aromatic nitrogens is 1. The lowest BCUT2D eigenvalue weighted by atomic mass is 9.71. The van der Waals surface area contributed by atoms with Crippen molar-refractivity contribution in [3.63, 3.8) is 0 Å². The molecule has 0 amide bonds. The molecule has 0 unspecified atom stereocenters. The molecule has 0 atom stereocenters. The maximum absolute atomic E-state index is 3.89. The van der Waals surface area contributed by atoms with Crippen molar-refractivity contribution < 1.29 is 0 Å². The molecule has 0 saturated heterocycles. The fourth-order valence-corrected chi connectivity index (χ4v) is 4.60. The second-order valence-electron chi connectivity index (χ2n) is 7.86. The molecule has 0 bridgehead atoms. The number of hydrogen-bond acceptors (Lipinski definition) is 0. The topological polar surface area (TPSA) is 4.93 Å². The summed E-state index contributed by atoms with van der Waals surface area (Å²) < 4.78 is 2.39. The van der Waals surface area contributed by atoms with Gasteiger partial charge >= 0.3 is 0 Å². The van der Waals surface area contributed by atoms with Crippen molar-refractivity contribution in [2.75, 3.05) is 0 Å². The Hall–Kier alpha value is -1.68. The van der Waals surface area contributed by atoms with E-state index in [-0.39, 0.29) is 5.41 Å². The second kappa shape index (κ2) is 5.99. The van der Waals surface area contributed by atoms with Crippen LogP contribution in [-0.2, 0) is 12.5 Å². The summed E-state index contributed by atoms with van der Waals surface area (Å²) in [5.74, 6) is 9.06. The third-order valence-corrected chi connectivity index (χ3v) is 6.21. The van der Waals surface area contributed by atoms with Crippen molar-refractivity contribution in [2.24, 2.45) is 18.9 Å². The molecule has 0 N–H and O–H groups in total. The second-order valence-corrected chi connectivity index (χ2v) is 7.86. The van der Waals surface area contributed by atoms with Gasteiger partial charge in [0.25, 0.3) is 0 Å². The molecule has 1 aromatic carbocycles. The van der Waals surface area contributed by atoms with Gasteiger partial charge in [-0.25, -0.2) is 0 Å². The number of benzene rings is 1. The van der Waals surface area contributed by atoms with Crippen molar-refractivity contribution in [1.82, 2.24) is 4.57 Å². The lowest BCUT2D eigenvalue weighted by Gasteiger charge is -2.30. The highest BCUT2D eigenvalue weighted by Gasteiger charge is 2.56. The Morgan fingerprint density at radius 1 is 1.12 bits per heavy atom. The molecule has 2 aliphatic rings. The molecule has 0 radical (unpaired) electrons. The average molecular weight is 319 g/mol. The molecular formula is C23H29N. The lowest BCUT2D eigenvalue weighted by Crippen LogP contribution is -2.30. The minimum absolute atomic E-state index is 0.124.